The van der Waals surface area contributed by atoms with E-state index in [1.807, 2.05) is 12.1 Å². The Kier molecular flexibility index (Phi) is 3.34. The second-order valence-electron chi connectivity index (χ2n) is 5.51. The Morgan fingerprint density at radius 1 is 1.24 bits per heavy atom. The molecule has 0 aromatic carbocycles. The number of imidazole rings is 1. The lowest BCUT2D eigenvalue weighted by atomic mass is 10.2. The van der Waals surface area contributed by atoms with Crippen LogP contribution in [0.3, 0.4) is 0 Å². The van der Waals surface area contributed by atoms with Crippen molar-refractivity contribution in [3.63, 3.8) is 0 Å². The summed E-state index contributed by atoms with van der Waals surface area (Å²) in [6.07, 6.45) is 2.17. The van der Waals surface area contributed by atoms with Crippen molar-refractivity contribution in [2.45, 2.75) is 19.1 Å². The van der Waals surface area contributed by atoms with E-state index < -0.39 is 12.2 Å². The van der Waals surface area contributed by atoms with Gasteiger partial charge >= 0.3 is 6.18 Å². The van der Waals surface area contributed by atoms with Gasteiger partial charge in [-0.15, -0.1) is 0 Å². The van der Waals surface area contributed by atoms with Gasteiger partial charge in [0.25, 0.3) is 0 Å². The van der Waals surface area contributed by atoms with Gasteiger partial charge in [-0.25, -0.2) is 14.5 Å². The molecule has 0 spiro atoms. The van der Waals surface area contributed by atoms with Crippen LogP contribution >= 0.6 is 0 Å². The number of rotatable bonds is 3. The minimum Gasteiger partial charge on any atom is -0.345 e. The normalized spacial score (nSPS) is 13.4. The van der Waals surface area contributed by atoms with Crippen LogP contribution in [0.1, 0.15) is 6.92 Å². The van der Waals surface area contributed by atoms with Gasteiger partial charge in [-0.3, -0.25) is 0 Å². The average molecular weight is 347 g/mol. The van der Waals surface area contributed by atoms with Crippen molar-refractivity contribution < 1.29 is 13.2 Å². The van der Waals surface area contributed by atoms with Gasteiger partial charge in [0, 0.05) is 35.7 Å². The van der Waals surface area contributed by atoms with Crippen molar-refractivity contribution in [3.8, 4) is 11.3 Å². The summed E-state index contributed by atoms with van der Waals surface area (Å²) >= 11 is 0. The molecule has 0 aliphatic carbocycles. The molecule has 4 rings (SSSR count). The molecule has 1 atom stereocenters. The molecule has 128 valence electrons. The van der Waals surface area contributed by atoms with Crippen LogP contribution < -0.4 is 5.32 Å². The Labute approximate surface area is 138 Å². The zero-order valence-corrected chi connectivity index (χ0v) is 12.9. The second kappa shape index (κ2) is 5.43. The quantitative estimate of drug-likeness (QED) is 0.595. The lowest BCUT2D eigenvalue weighted by Gasteiger charge is -2.16. The van der Waals surface area contributed by atoms with Crippen LogP contribution in [0.2, 0.25) is 0 Å². The molecule has 4 aromatic rings. The van der Waals surface area contributed by atoms with Crippen LogP contribution in [0.4, 0.5) is 19.1 Å². The molecule has 4 heterocycles. The van der Waals surface area contributed by atoms with E-state index >= 15 is 0 Å². The van der Waals surface area contributed by atoms with Gasteiger partial charge in [-0.1, -0.05) is 0 Å². The predicted octanol–water partition coefficient (Wildman–Crippen LogP) is 3.03. The predicted molar refractivity (Wildman–Crippen MR) is 85.0 cm³/mol. The molecular weight excluding hydrogens is 335 g/mol. The van der Waals surface area contributed by atoms with Gasteiger partial charge in [0.2, 0.25) is 5.95 Å². The molecule has 0 bridgehead atoms. The number of aromatic amines is 1. The molecule has 10 heteroatoms. The third kappa shape index (κ3) is 2.75. The first-order chi connectivity index (χ1) is 11.9. The van der Waals surface area contributed by atoms with Gasteiger partial charge in [0.05, 0.1) is 5.69 Å². The molecule has 0 amide bonds. The van der Waals surface area contributed by atoms with Crippen molar-refractivity contribution in [1.82, 2.24) is 29.5 Å². The number of aromatic nitrogens is 6. The van der Waals surface area contributed by atoms with Crippen LogP contribution in [0.15, 0.2) is 36.9 Å². The molecule has 2 N–H and O–H groups in total. The summed E-state index contributed by atoms with van der Waals surface area (Å²) in [7, 11) is 0. The number of H-pyrrole nitrogens is 1. The van der Waals surface area contributed by atoms with E-state index in [-0.39, 0.29) is 5.95 Å². The van der Waals surface area contributed by atoms with E-state index in [4.69, 9.17) is 0 Å². The molecule has 0 saturated heterocycles. The maximum atomic E-state index is 12.6. The molecule has 1 unspecified atom stereocenters. The molecule has 0 aliphatic heterocycles. The van der Waals surface area contributed by atoms with Gasteiger partial charge in [0.1, 0.15) is 11.7 Å². The standard InChI is InChI=1S/C15H12F3N7/c1-8(15(16,17)18)22-14-21-7-10-9(6-20-13(10)23-14)11-2-3-12-19-4-5-25(12)24-11/h2-8H,1H3,(H2,20,21,22,23). The van der Waals surface area contributed by atoms with E-state index in [2.05, 4.69) is 30.4 Å². The summed E-state index contributed by atoms with van der Waals surface area (Å²) in [6.45, 7) is 1.01. The van der Waals surface area contributed by atoms with E-state index in [9.17, 15) is 13.2 Å². The van der Waals surface area contributed by atoms with Gasteiger partial charge in [0.15, 0.2) is 5.65 Å². The fraction of sp³-hybridized carbons (Fsp3) is 0.200. The first-order valence-electron chi connectivity index (χ1n) is 7.40. The monoisotopic (exact) mass is 347 g/mol. The van der Waals surface area contributed by atoms with Crippen LogP contribution in [0.25, 0.3) is 27.9 Å². The number of hydrogen-bond donors (Lipinski definition) is 2. The largest absolute Gasteiger partial charge is 0.408 e. The topological polar surface area (TPSA) is 83.8 Å². The number of hydrogen-bond acceptors (Lipinski definition) is 5. The highest BCUT2D eigenvalue weighted by Crippen LogP contribution is 2.27. The third-order valence-electron chi connectivity index (χ3n) is 3.80. The average Bonchev–Trinajstić information content (AvgIpc) is 3.19. The van der Waals surface area contributed by atoms with Gasteiger partial charge in [-0.05, 0) is 19.1 Å². The molecule has 0 saturated carbocycles. The van der Waals surface area contributed by atoms with E-state index in [1.54, 1.807) is 23.1 Å². The van der Waals surface area contributed by atoms with Crippen molar-refractivity contribution in [2.75, 3.05) is 5.32 Å². The summed E-state index contributed by atoms with van der Waals surface area (Å²) in [6, 6.07) is 1.89. The summed E-state index contributed by atoms with van der Waals surface area (Å²) in [5.41, 5.74) is 2.56. The molecule has 0 radical (unpaired) electrons. The highest BCUT2D eigenvalue weighted by molar-refractivity contribution is 5.92. The van der Waals surface area contributed by atoms with Crippen LogP contribution in [0.5, 0.6) is 0 Å². The zero-order chi connectivity index (χ0) is 17.6. The summed E-state index contributed by atoms with van der Waals surface area (Å²) in [5, 5.41) is 7.36. The molecule has 0 fully saturated rings. The number of nitrogens with zero attached hydrogens (tertiary/aromatic N) is 5. The minimum atomic E-state index is -4.37. The fourth-order valence-corrected chi connectivity index (χ4v) is 2.42. The molecular formula is C15H12F3N7. The number of halogens is 3. The summed E-state index contributed by atoms with van der Waals surface area (Å²) < 4.78 is 39.5. The van der Waals surface area contributed by atoms with Crippen LogP contribution in [-0.2, 0) is 0 Å². The van der Waals surface area contributed by atoms with Crippen molar-refractivity contribution in [2.24, 2.45) is 0 Å². The van der Waals surface area contributed by atoms with Crippen molar-refractivity contribution >= 4 is 22.6 Å². The molecule has 7 nitrogen and oxygen atoms in total. The Morgan fingerprint density at radius 3 is 2.88 bits per heavy atom. The number of alkyl halides is 3. The first-order valence-corrected chi connectivity index (χ1v) is 7.40. The smallest absolute Gasteiger partial charge is 0.345 e. The number of anilines is 1. The maximum absolute atomic E-state index is 12.6. The zero-order valence-electron chi connectivity index (χ0n) is 12.9. The van der Waals surface area contributed by atoms with E-state index in [1.165, 1.54) is 6.20 Å². The van der Waals surface area contributed by atoms with E-state index in [0.717, 1.165) is 12.5 Å². The second-order valence-corrected chi connectivity index (χ2v) is 5.51. The Morgan fingerprint density at radius 2 is 2.08 bits per heavy atom. The first kappa shape index (κ1) is 15.4. The van der Waals surface area contributed by atoms with Crippen LogP contribution in [-0.4, -0.2) is 41.8 Å². The lowest BCUT2D eigenvalue weighted by Crippen LogP contribution is -2.33. The highest BCUT2D eigenvalue weighted by atomic mass is 19.4. The summed E-state index contributed by atoms with van der Waals surface area (Å²) in [5.74, 6) is -0.0938. The van der Waals surface area contributed by atoms with E-state index in [0.29, 0.717) is 22.4 Å². The summed E-state index contributed by atoms with van der Waals surface area (Å²) in [4.78, 5) is 15.2. The molecule has 25 heavy (non-hydrogen) atoms. The minimum absolute atomic E-state index is 0.0938. The number of fused-ring (bicyclic) bond motifs is 2. The Bertz CT molecular complexity index is 1050. The SMILES string of the molecule is CC(Nc1ncc2c(-c3ccc4nccn4n3)c[nH]c2n1)C(F)(F)F. The van der Waals surface area contributed by atoms with Crippen molar-refractivity contribution in [3.05, 3.63) is 36.9 Å². The number of nitrogens with one attached hydrogen (secondary N) is 2. The van der Waals surface area contributed by atoms with Crippen LogP contribution in [0, 0.1) is 0 Å². The Balaban J connectivity index is 1.70. The van der Waals surface area contributed by atoms with Gasteiger partial charge < -0.3 is 10.3 Å². The van der Waals surface area contributed by atoms with Crippen molar-refractivity contribution in [1.29, 1.82) is 0 Å². The maximum Gasteiger partial charge on any atom is 0.408 e. The van der Waals surface area contributed by atoms with Gasteiger partial charge in [-0.2, -0.15) is 23.3 Å². The molecule has 0 aliphatic rings. The Hall–Kier alpha value is -3.17. The molecule has 4 aromatic heterocycles. The highest BCUT2D eigenvalue weighted by Gasteiger charge is 2.36. The fourth-order valence-electron chi connectivity index (χ4n) is 2.42. The lowest BCUT2D eigenvalue weighted by molar-refractivity contribution is -0.138. The third-order valence-corrected chi connectivity index (χ3v) is 3.80.